The van der Waals surface area contributed by atoms with E-state index in [0.717, 1.165) is 0 Å². The molecule has 0 unspecified atom stereocenters. The highest BCUT2D eigenvalue weighted by molar-refractivity contribution is 5.68. The Morgan fingerprint density at radius 2 is 1.94 bits per heavy atom. The van der Waals surface area contributed by atoms with Gasteiger partial charge in [-0.25, -0.2) is 4.79 Å². The summed E-state index contributed by atoms with van der Waals surface area (Å²) in [6, 6.07) is 0.00218. The Kier molecular flexibility index (Phi) is 3.53. The van der Waals surface area contributed by atoms with Crippen LogP contribution in [0.5, 0.6) is 0 Å². The van der Waals surface area contributed by atoms with E-state index in [1.165, 1.54) is 0 Å². The van der Waals surface area contributed by atoms with Crippen LogP contribution in [0.2, 0.25) is 0 Å². The van der Waals surface area contributed by atoms with Gasteiger partial charge in [0, 0.05) is 0 Å². The largest absolute Gasteiger partial charge is 0.444 e. The predicted octanol–water partition coefficient (Wildman–Crippen LogP) is 2.32. The first-order valence-corrected chi connectivity index (χ1v) is 5.77. The lowest BCUT2D eigenvalue weighted by Gasteiger charge is -2.28. The SMILES string of the molecule is CC(C)[C@@H](NC(=O)OC(C)(C)C)[C@@]1(C)CO1. The standard InChI is InChI=1S/C12H23NO3/c1-8(2)9(12(6)7-15-12)13-10(14)16-11(3,4)5/h8-9H,7H2,1-6H3,(H,13,14)/t9-,12-/m1/s1. The van der Waals surface area contributed by atoms with Gasteiger partial charge < -0.3 is 14.8 Å². The van der Waals surface area contributed by atoms with Crippen molar-refractivity contribution in [1.29, 1.82) is 0 Å². The number of nitrogens with one attached hydrogen (secondary N) is 1. The van der Waals surface area contributed by atoms with Crippen molar-refractivity contribution in [3.63, 3.8) is 0 Å². The fourth-order valence-corrected chi connectivity index (χ4v) is 1.75. The van der Waals surface area contributed by atoms with Crippen molar-refractivity contribution in [2.75, 3.05) is 6.61 Å². The van der Waals surface area contributed by atoms with Gasteiger partial charge in [-0.15, -0.1) is 0 Å². The van der Waals surface area contributed by atoms with Crippen LogP contribution in [0.15, 0.2) is 0 Å². The van der Waals surface area contributed by atoms with Crippen molar-refractivity contribution in [2.24, 2.45) is 5.92 Å². The van der Waals surface area contributed by atoms with E-state index < -0.39 is 5.60 Å². The minimum Gasteiger partial charge on any atom is -0.444 e. The van der Waals surface area contributed by atoms with Crippen molar-refractivity contribution < 1.29 is 14.3 Å². The number of carbonyl (C=O) groups is 1. The molecule has 94 valence electrons. The van der Waals surface area contributed by atoms with Gasteiger partial charge in [0.1, 0.15) is 11.2 Å². The molecule has 1 N–H and O–H groups in total. The first-order valence-electron chi connectivity index (χ1n) is 5.77. The third-order valence-corrected chi connectivity index (χ3v) is 2.60. The average molecular weight is 229 g/mol. The van der Waals surface area contributed by atoms with Crippen LogP contribution < -0.4 is 5.32 Å². The van der Waals surface area contributed by atoms with E-state index in [4.69, 9.17) is 9.47 Å². The summed E-state index contributed by atoms with van der Waals surface area (Å²) in [7, 11) is 0. The van der Waals surface area contributed by atoms with Gasteiger partial charge in [-0.1, -0.05) is 13.8 Å². The highest BCUT2D eigenvalue weighted by Crippen LogP contribution is 2.33. The molecule has 1 rings (SSSR count). The van der Waals surface area contributed by atoms with Crippen LogP contribution in [-0.2, 0) is 9.47 Å². The predicted molar refractivity (Wildman–Crippen MR) is 62.4 cm³/mol. The number of alkyl carbamates (subject to hydrolysis) is 1. The summed E-state index contributed by atoms with van der Waals surface area (Å²) in [5.74, 6) is 0.319. The summed E-state index contributed by atoms with van der Waals surface area (Å²) in [5.41, 5.74) is -0.679. The fourth-order valence-electron chi connectivity index (χ4n) is 1.75. The van der Waals surface area contributed by atoms with E-state index >= 15 is 0 Å². The smallest absolute Gasteiger partial charge is 0.407 e. The summed E-state index contributed by atoms with van der Waals surface area (Å²) in [6.45, 7) is 12.4. The molecule has 0 saturated carbocycles. The number of epoxide rings is 1. The minimum atomic E-state index is -0.461. The molecule has 0 spiro atoms. The Morgan fingerprint density at radius 3 is 2.25 bits per heavy atom. The molecule has 1 aliphatic rings. The molecule has 1 heterocycles. The molecule has 0 radical (unpaired) electrons. The highest BCUT2D eigenvalue weighted by atomic mass is 16.6. The van der Waals surface area contributed by atoms with E-state index in [2.05, 4.69) is 19.2 Å². The maximum atomic E-state index is 11.7. The zero-order valence-electron chi connectivity index (χ0n) is 11.1. The third-order valence-electron chi connectivity index (χ3n) is 2.60. The summed E-state index contributed by atoms with van der Waals surface area (Å²) in [6.07, 6.45) is -0.372. The number of carbonyl (C=O) groups excluding carboxylic acids is 1. The molecular formula is C12H23NO3. The van der Waals surface area contributed by atoms with Crippen molar-refractivity contribution in [3.8, 4) is 0 Å². The average Bonchev–Trinajstić information content (AvgIpc) is 2.76. The Labute approximate surface area is 97.7 Å². The molecule has 1 amide bonds. The summed E-state index contributed by atoms with van der Waals surface area (Å²) in [4.78, 5) is 11.7. The number of hydrogen-bond donors (Lipinski definition) is 1. The van der Waals surface area contributed by atoms with Gasteiger partial charge in [0.2, 0.25) is 0 Å². The lowest BCUT2D eigenvalue weighted by Crippen LogP contribution is -2.49. The molecule has 1 saturated heterocycles. The molecule has 1 fully saturated rings. The monoisotopic (exact) mass is 229 g/mol. The molecule has 4 heteroatoms. The van der Waals surface area contributed by atoms with Crippen molar-refractivity contribution >= 4 is 6.09 Å². The minimum absolute atomic E-state index is 0.00218. The fraction of sp³-hybridized carbons (Fsp3) is 0.917. The number of hydrogen-bond acceptors (Lipinski definition) is 3. The molecule has 0 aliphatic carbocycles. The van der Waals surface area contributed by atoms with Gasteiger partial charge >= 0.3 is 6.09 Å². The zero-order chi connectivity index (χ0) is 12.6. The number of rotatable bonds is 3. The Morgan fingerprint density at radius 1 is 1.44 bits per heavy atom. The topological polar surface area (TPSA) is 50.9 Å². The molecule has 4 nitrogen and oxygen atoms in total. The van der Waals surface area contributed by atoms with E-state index in [9.17, 15) is 4.79 Å². The van der Waals surface area contributed by atoms with Crippen LogP contribution in [0.25, 0.3) is 0 Å². The Hall–Kier alpha value is -0.770. The van der Waals surface area contributed by atoms with Gasteiger partial charge in [-0.2, -0.15) is 0 Å². The van der Waals surface area contributed by atoms with Gasteiger partial charge in [0.15, 0.2) is 0 Å². The van der Waals surface area contributed by atoms with Crippen LogP contribution in [0.4, 0.5) is 4.79 Å². The van der Waals surface area contributed by atoms with Crippen LogP contribution in [-0.4, -0.2) is 29.9 Å². The van der Waals surface area contributed by atoms with Gasteiger partial charge in [-0.05, 0) is 33.6 Å². The maximum Gasteiger partial charge on any atom is 0.407 e. The molecule has 16 heavy (non-hydrogen) atoms. The highest BCUT2D eigenvalue weighted by Gasteiger charge is 2.49. The third kappa shape index (κ3) is 3.67. The molecule has 0 bridgehead atoms. The Balaban J connectivity index is 2.53. The van der Waals surface area contributed by atoms with Gasteiger partial charge in [-0.3, -0.25) is 0 Å². The van der Waals surface area contributed by atoms with Crippen LogP contribution in [0.1, 0.15) is 41.5 Å². The first-order chi connectivity index (χ1) is 7.14. The molecular weight excluding hydrogens is 206 g/mol. The lowest BCUT2D eigenvalue weighted by atomic mass is 9.92. The summed E-state index contributed by atoms with van der Waals surface area (Å²) in [5, 5.41) is 2.89. The molecule has 1 aliphatic heterocycles. The zero-order valence-corrected chi connectivity index (χ0v) is 11.1. The Bertz CT molecular complexity index is 264. The molecule has 0 aromatic heterocycles. The summed E-state index contributed by atoms with van der Waals surface area (Å²) >= 11 is 0. The maximum absolute atomic E-state index is 11.7. The van der Waals surface area contributed by atoms with E-state index in [1.54, 1.807) is 0 Å². The second-order valence-electron chi connectivity index (χ2n) is 5.97. The van der Waals surface area contributed by atoms with Gasteiger partial charge in [0.25, 0.3) is 0 Å². The van der Waals surface area contributed by atoms with E-state index in [-0.39, 0.29) is 17.7 Å². The molecule has 2 atom stereocenters. The second-order valence-corrected chi connectivity index (χ2v) is 5.97. The van der Waals surface area contributed by atoms with Crippen molar-refractivity contribution in [1.82, 2.24) is 5.32 Å². The van der Waals surface area contributed by atoms with E-state index in [0.29, 0.717) is 12.5 Å². The van der Waals surface area contributed by atoms with Crippen molar-refractivity contribution in [2.45, 2.75) is 58.8 Å². The molecule has 0 aromatic rings. The normalized spacial score (nSPS) is 26.4. The quantitative estimate of drug-likeness (QED) is 0.756. The van der Waals surface area contributed by atoms with Crippen LogP contribution in [0.3, 0.4) is 0 Å². The second kappa shape index (κ2) is 4.24. The lowest BCUT2D eigenvalue weighted by molar-refractivity contribution is 0.0453. The first kappa shape index (κ1) is 13.3. The number of amides is 1. The van der Waals surface area contributed by atoms with Crippen LogP contribution in [0, 0.1) is 5.92 Å². The molecule has 0 aromatic carbocycles. The summed E-state index contributed by atoms with van der Waals surface area (Å²) < 4.78 is 10.6. The van der Waals surface area contributed by atoms with E-state index in [1.807, 2.05) is 27.7 Å². The number of ether oxygens (including phenoxy) is 2. The van der Waals surface area contributed by atoms with Gasteiger partial charge in [0.05, 0.1) is 12.6 Å². The van der Waals surface area contributed by atoms with Crippen molar-refractivity contribution in [3.05, 3.63) is 0 Å². The van der Waals surface area contributed by atoms with Crippen LogP contribution >= 0.6 is 0 Å².